The van der Waals surface area contributed by atoms with E-state index in [0.717, 1.165) is 11.5 Å². The van der Waals surface area contributed by atoms with E-state index in [-0.39, 0.29) is 6.04 Å². The number of hydrogen-bond acceptors (Lipinski definition) is 3. The van der Waals surface area contributed by atoms with Gasteiger partial charge in [-0.15, -0.1) is 0 Å². The van der Waals surface area contributed by atoms with Crippen LogP contribution in [0.1, 0.15) is 50.7 Å². The monoisotopic (exact) mass is 236 g/mol. The van der Waals surface area contributed by atoms with Crippen LogP contribution in [0.15, 0.2) is 16.5 Å². The molecule has 0 aromatic carbocycles. The molecule has 3 nitrogen and oxygen atoms in total. The Kier molecular flexibility index (Phi) is 3.59. The van der Waals surface area contributed by atoms with Crippen molar-refractivity contribution >= 4 is 0 Å². The summed E-state index contributed by atoms with van der Waals surface area (Å²) in [7, 11) is 0. The van der Waals surface area contributed by atoms with Gasteiger partial charge < -0.3 is 15.5 Å². The number of nitrogens with one attached hydrogen (secondary N) is 1. The highest BCUT2D eigenvalue weighted by atomic mass is 16.3. The standard InChI is InChI=1S/C14H24N2O/c1-10-4-5-13(17-10)12(9-15)16-11-6-7-14(2,3)8-11/h4-5,11-12,16H,6-9,15H2,1-3H3. The van der Waals surface area contributed by atoms with E-state index in [1.807, 2.05) is 19.1 Å². The maximum Gasteiger partial charge on any atom is 0.122 e. The molecule has 96 valence electrons. The summed E-state index contributed by atoms with van der Waals surface area (Å²) < 4.78 is 5.66. The van der Waals surface area contributed by atoms with Crippen LogP contribution in [0.3, 0.4) is 0 Å². The van der Waals surface area contributed by atoms with E-state index in [9.17, 15) is 0 Å². The van der Waals surface area contributed by atoms with Gasteiger partial charge in [0, 0.05) is 12.6 Å². The lowest BCUT2D eigenvalue weighted by Crippen LogP contribution is -2.35. The molecular weight excluding hydrogens is 212 g/mol. The summed E-state index contributed by atoms with van der Waals surface area (Å²) >= 11 is 0. The number of nitrogens with two attached hydrogens (primary N) is 1. The minimum absolute atomic E-state index is 0.155. The fourth-order valence-electron chi connectivity index (χ4n) is 2.77. The quantitative estimate of drug-likeness (QED) is 0.845. The molecule has 2 unspecified atom stereocenters. The Labute approximate surface area is 104 Å². The molecule has 3 N–H and O–H groups in total. The fourth-order valence-corrected chi connectivity index (χ4v) is 2.77. The van der Waals surface area contributed by atoms with Crippen LogP contribution in [-0.4, -0.2) is 12.6 Å². The largest absolute Gasteiger partial charge is 0.465 e. The van der Waals surface area contributed by atoms with Crippen molar-refractivity contribution in [1.82, 2.24) is 5.32 Å². The van der Waals surface area contributed by atoms with Gasteiger partial charge in [0.15, 0.2) is 0 Å². The van der Waals surface area contributed by atoms with Gasteiger partial charge in [0.25, 0.3) is 0 Å². The van der Waals surface area contributed by atoms with Gasteiger partial charge in [0.2, 0.25) is 0 Å². The minimum atomic E-state index is 0.155. The maximum atomic E-state index is 5.84. The SMILES string of the molecule is Cc1ccc(C(CN)NC2CCC(C)(C)C2)o1. The predicted molar refractivity (Wildman–Crippen MR) is 69.8 cm³/mol. The van der Waals surface area contributed by atoms with Crippen molar-refractivity contribution in [3.8, 4) is 0 Å². The third-order valence-corrected chi connectivity index (χ3v) is 3.75. The molecule has 1 aliphatic carbocycles. The molecule has 0 bridgehead atoms. The van der Waals surface area contributed by atoms with Gasteiger partial charge in [-0.2, -0.15) is 0 Å². The summed E-state index contributed by atoms with van der Waals surface area (Å²) in [6.07, 6.45) is 3.76. The van der Waals surface area contributed by atoms with Gasteiger partial charge in [0.1, 0.15) is 11.5 Å². The number of furan rings is 1. The molecule has 0 amide bonds. The summed E-state index contributed by atoms with van der Waals surface area (Å²) in [6, 6.07) is 4.75. The topological polar surface area (TPSA) is 51.2 Å². The number of hydrogen-bond donors (Lipinski definition) is 2. The van der Waals surface area contributed by atoms with Crippen LogP contribution >= 0.6 is 0 Å². The molecule has 1 aliphatic rings. The first-order valence-electron chi connectivity index (χ1n) is 6.53. The average molecular weight is 236 g/mol. The molecule has 17 heavy (non-hydrogen) atoms. The second kappa shape index (κ2) is 4.83. The lowest BCUT2D eigenvalue weighted by molar-refractivity contribution is 0.335. The first kappa shape index (κ1) is 12.7. The second-order valence-electron chi connectivity index (χ2n) is 6.01. The molecule has 1 aromatic heterocycles. The van der Waals surface area contributed by atoms with Crippen molar-refractivity contribution in [3.05, 3.63) is 23.7 Å². The van der Waals surface area contributed by atoms with Crippen LogP contribution in [0, 0.1) is 12.3 Å². The zero-order valence-electron chi connectivity index (χ0n) is 11.1. The van der Waals surface area contributed by atoms with Crippen molar-refractivity contribution in [3.63, 3.8) is 0 Å². The van der Waals surface area contributed by atoms with Gasteiger partial charge in [0.05, 0.1) is 6.04 Å². The Morgan fingerprint density at radius 1 is 1.53 bits per heavy atom. The molecule has 1 fully saturated rings. The third-order valence-electron chi connectivity index (χ3n) is 3.75. The second-order valence-corrected chi connectivity index (χ2v) is 6.01. The van der Waals surface area contributed by atoms with Gasteiger partial charge in [-0.3, -0.25) is 0 Å². The van der Waals surface area contributed by atoms with E-state index >= 15 is 0 Å². The molecular formula is C14H24N2O. The molecule has 1 heterocycles. The van der Waals surface area contributed by atoms with E-state index in [1.54, 1.807) is 0 Å². The Balaban J connectivity index is 1.97. The summed E-state index contributed by atoms with van der Waals surface area (Å²) in [6.45, 7) is 7.23. The highest BCUT2D eigenvalue weighted by Gasteiger charge is 2.32. The van der Waals surface area contributed by atoms with Gasteiger partial charge >= 0.3 is 0 Å². The van der Waals surface area contributed by atoms with Crippen molar-refractivity contribution < 1.29 is 4.42 Å². The van der Waals surface area contributed by atoms with Crippen LogP contribution in [0.25, 0.3) is 0 Å². The molecule has 3 heteroatoms. The molecule has 2 atom stereocenters. The lowest BCUT2D eigenvalue weighted by atomic mass is 9.92. The highest BCUT2D eigenvalue weighted by molar-refractivity contribution is 5.10. The highest BCUT2D eigenvalue weighted by Crippen LogP contribution is 2.37. The fraction of sp³-hybridized carbons (Fsp3) is 0.714. The zero-order chi connectivity index (χ0) is 12.5. The number of aryl methyl sites for hydroxylation is 1. The zero-order valence-corrected chi connectivity index (χ0v) is 11.1. The maximum absolute atomic E-state index is 5.84. The first-order valence-corrected chi connectivity index (χ1v) is 6.53. The Morgan fingerprint density at radius 2 is 2.29 bits per heavy atom. The first-order chi connectivity index (χ1) is 8.00. The van der Waals surface area contributed by atoms with Crippen molar-refractivity contribution in [2.24, 2.45) is 11.1 Å². The van der Waals surface area contributed by atoms with Crippen LogP contribution in [-0.2, 0) is 0 Å². The molecule has 0 saturated heterocycles. The van der Waals surface area contributed by atoms with E-state index in [1.165, 1.54) is 19.3 Å². The summed E-state index contributed by atoms with van der Waals surface area (Å²) in [5, 5.41) is 3.63. The Hall–Kier alpha value is -0.800. The summed E-state index contributed by atoms with van der Waals surface area (Å²) in [5.74, 6) is 1.92. The summed E-state index contributed by atoms with van der Waals surface area (Å²) in [5.41, 5.74) is 6.31. The van der Waals surface area contributed by atoms with Crippen molar-refractivity contribution in [2.45, 2.75) is 52.1 Å². The van der Waals surface area contributed by atoms with Crippen LogP contribution in [0.2, 0.25) is 0 Å². The third kappa shape index (κ3) is 3.11. The minimum Gasteiger partial charge on any atom is -0.465 e. The van der Waals surface area contributed by atoms with E-state index in [0.29, 0.717) is 18.0 Å². The smallest absolute Gasteiger partial charge is 0.122 e. The van der Waals surface area contributed by atoms with Gasteiger partial charge in [-0.05, 0) is 43.7 Å². The van der Waals surface area contributed by atoms with Crippen molar-refractivity contribution in [2.75, 3.05) is 6.54 Å². The van der Waals surface area contributed by atoms with Gasteiger partial charge in [-0.25, -0.2) is 0 Å². The Bertz CT molecular complexity index is 370. The van der Waals surface area contributed by atoms with Crippen LogP contribution in [0.5, 0.6) is 0 Å². The van der Waals surface area contributed by atoms with Crippen LogP contribution in [0.4, 0.5) is 0 Å². The van der Waals surface area contributed by atoms with Gasteiger partial charge in [-0.1, -0.05) is 13.8 Å². The predicted octanol–water partition coefficient (Wildman–Crippen LogP) is 2.76. The summed E-state index contributed by atoms with van der Waals surface area (Å²) in [4.78, 5) is 0. The molecule has 1 saturated carbocycles. The lowest BCUT2D eigenvalue weighted by Gasteiger charge is -2.22. The molecule has 0 radical (unpaired) electrons. The van der Waals surface area contributed by atoms with E-state index in [4.69, 9.17) is 10.2 Å². The van der Waals surface area contributed by atoms with Crippen LogP contribution < -0.4 is 11.1 Å². The van der Waals surface area contributed by atoms with E-state index < -0.39 is 0 Å². The molecule has 0 aliphatic heterocycles. The molecule has 2 rings (SSSR count). The molecule has 1 aromatic rings. The Morgan fingerprint density at radius 3 is 2.76 bits per heavy atom. The van der Waals surface area contributed by atoms with Crippen molar-refractivity contribution in [1.29, 1.82) is 0 Å². The average Bonchev–Trinajstić information content (AvgIpc) is 2.81. The molecule has 0 spiro atoms. The normalized spacial score (nSPS) is 25.1. The van der Waals surface area contributed by atoms with E-state index in [2.05, 4.69) is 19.2 Å². The number of rotatable bonds is 4.